The molecule has 0 saturated carbocycles. The summed E-state index contributed by atoms with van der Waals surface area (Å²) in [6.45, 7) is 4.15. The van der Waals surface area contributed by atoms with Crippen LogP contribution in [-0.2, 0) is 4.79 Å². The Balaban J connectivity index is 2.53. The highest BCUT2D eigenvalue weighted by Gasteiger charge is 2.27. The zero-order valence-electron chi connectivity index (χ0n) is 8.82. The minimum atomic E-state index is 0.0306. The number of aromatic hydroxyl groups is 1. The van der Waals surface area contributed by atoms with Gasteiger partial charge in [0, 0.05) is 6.04 Å². The molecule has 0 spiro atoms. The first-order valence-corrected chi connectivity index (χ1v) is 4.99. The van der Waals surface area contributed by atoms with E-state index in [9.17, 15) is 9.90 Å². The van der Waals surface area contributed by atoms with Crippen molar-refractivity contribution >= 4 is 17.3 Å². The summed E-state index contributed by atoms with van der Waals surface area (Å²) in [6.07, 6.45) is 0. The van der Waals surface area contributed by atoms with Crippen molar-refractivity contribution in [2.75, 3.05) is 16.8 Å². The Hall–Kier alpha value is -1.71. The number of phenolic OH excluding ortho intramolecular Hbond substituents is 1. The lowest BCUT2D eigenvalue weighted by Crippen LogP contribution is -2.44. The van der Waals surface area contributed by atoms with Crippen LogP contribution in [-0.4, -0.2) is 23.6 Å². The Morgan fingerprint density at radius 1 is 1.47 bits per heavy atom. The van der Waals surface area contributed by atoms with Crippen LogP contribution in [0.25, 0.3) is 0 Å². The fourth-order valence-electron chi connectivity index (χ4n) is 1.86. The number of benzene rings is 1. The molecular weight excluding hydrogens is 192 g/mol. The van der Waals surface area contributed by atoms with Crippen LogP contribution in [0, 0.1) is 0 Å². The van der Waals surface area contributed by atoms with Gasteiger partial charge in [0.25, 0.3) is 0 Å². The molecule has 0 saturated heterocycles. The van der Waals surface area contributed by atoms with Crippen LogP contribution in [0.1, 0.15) is 13.8 Å². The molecule has 80 valence electrons. The molecule has 4 heteroatoms. The van der Waals surface area contributed by atoms with Gasteiger partial charge in [-0.25, -0.2) is 0 Å². The second-order valence-corrected chi connectivity index (χ2v) is 3.88. The van der Waals surface area contributed by atoms with Gasteiger partial charge in [-0.15, -0.1) is 0 Å². The standard InChI is InChI=1S/C11H14N2O2/c1-7(2)13-8-4-3-5-9(14)11(8)12-6-10(13)15/h3-5,7,12,14H,6H2,1-2H3. The van der Waals surface area contributed by atoms with E-state index < -0.39 is 0 Å². The van der Waals surface area contributed by atoms with E-state index in [-0.39, 0.29) is 24.2 Å². The van der Waals surface area contributed by atoms with Crippen molar-refractivity contribution in [1.82, 2.24) is 0 Å². The van der Waals surface area contributed by atoms with Crippen molar-refractivity contribution in [2.24, 2.45) is 0 Å². The molecule has 0 aromatic heterocycles. The maximum atomic E-state index is 11.7. The van der Waals surface area contributed by atoms with Crippen LogP contribution in [0.4, 0.5) is 11.4 Å². The van der Waals surface area contributed by atoms with Crippen molar-refractivity contribution in [3.63, 3.8) is 0 Å². The summed E-state index contributed by atoms with van der Waals surface area (Å²) in [6, 6.07) is 5.28. The van der Waals surface area contributed by atoms with Gasteiger partial charge in [-0.2, -0.15) is 0 Å². The SMILES string of the molecule is CC(C)N1C(=O)CNc2c(O)cccc21. The van der Waals surface area contributed by atoms with Crippen LogP contribution in [0.3, 0.4) is 0 Å². The van der Waals surface area contributed by atoms with Crippen molar-refractivity contribution < 1.29 is 9.90 Å². The number of para-hydroxylation sites is 1. The summed E-state index contributed by atoms with van der Waals surface area (Å²) in [5.74, 6) is 0.216. The van der Waals surface area contributed by atoms with E-state index in [2.05, 4.69) is 5.32 Å². The van der Waals surface area contributed by atoms with Gasteiger partial charge in [-0.1, -0.05) is 6.07 Å². The molecule has 1 aliphatic heterocycles. The maximum Gasteiger partial charge on any atom is 0.246 e. The lowest BCUT2D eigenvalue weighted by molar-refractivity contribution is -0.117. The van der Waals surface area contributed by atoms with Gasteiger partial charge in [0.15, 0.2) is 0 Å². The van der Waals surface area contributed by atoms with Crippen LogP contribution < -0.4 is 10.2 Å². The molecule has 1 aromatic carbocycles. The van der Waals surface area contributed by atoms with E-state index in [0.29, 0.717) is 5.69 Å². The molecule has 0 radical (unpaired) electrons. The summed E-state index contributed by atoms with van der Waals surface area (Å²) < 4.78 is 0. The molecule has 2 N–H and O–H groups in total. The summed E-state index contributed by atoms with van der Waals surface area (Å²) in [4.78, 5) is 13.4. The number of fused-ring (bicyclic) bond motifs is 1. The van der Waals surface area contributed by atoms with Crippen LogP contribution in [0.5, 0.6) is 5.75 Å². The monoisotopic (exact) mass is 206 g/mol. The lowest BCUT2D eigenvalue weighted by Gasteiger charge is -2.33. The van der Waals surface area contributed by atoms with Crippen molar-refractivity contribution in [2.45, 2.75) is 19.9 Å². The van der Waals surface area contributed by atoms with E-state index in [1.165, 1.54) is 0 Å². The lowest BCUT2D eigenvalue weighted by atomic mass is 10.1. The molecule has 15 heavy (non-hydrogen) atoms. The summed E-state index contributed by atoms with van der Waals surface area (Å²) in [7, 11) is 0. The normalized spacial score (nSPS) is 15.1. The number of amides is 1. The zero-order chi connectivity index (χ0) is 11.0. The van der Waals surface area contributed by atoms with Crippen molar-refractivity contribution in [1.29, 1.82) is 0 Å². The van der Waals surface area contributed by atoms with Gasteiger partial charge in [0.1, 0.15) is 11.4 Å². The number of nitrogens with one attached hydrogen (secondary N) is 1. The number of phenols is 1. The Morgan fingerprint density at radius 2 is 2.20 bits per heavy atom. The van der Waals surface area contributed by atoms with Crippen molar-refractivity contribution in [3.05, 3.63) is 18.2 Å². The Bertz CT molecular complexity index is 402. The topological polar surface area (TPSA) is 52.6 Å². The molecule has 1 aromatic rings. The number of hydrogen-bond donors (Lipinski definition) is 2. The van der Waals surface area contributed by atoms with Gasteiger partial charge >= 0.3 is 0 Å². The highest BCUT2D eigenvalue weighted by Crippen LogP contribution is 2.37. The van der Waals surface area contributed by atoms with Gasteiger partial charge in [-0.3, -0.25) is 4.79 Å². The first-order valence-electron chi connectivity index (χ1n) is 4.99. The van der Waals surface area contributed by atoms with Crippen LogP contribution in [0.2, 0.25) is 0 Å². The molecule has 4 nitrogen and oxygen atoms in total. The number of rotatable bonds is 1. The zero-order valence-corrected chi connectivity index (χ0v) is 8.82. The second kappa shape index (κ2) is 3.46. The first-order chi connectivity index (χ1) is 7.11. The van der Waals surface area contributed by atoms with E-state index in [4.69, 9.17) is 0 Å². The first kappa shape index (κ1) is 9.83. The quantitative estimate of drug-likeness (QED) is 0.685. The van der Waals surface area contributed by atoms with Crippen LogP contribution >= 0.6 is 0 Å². The fraction of sp³-hybridized carbons (Fsp3) is 0.364. The largest absolute Gasteiger partial charge is 0.506 e. The van der Waals surface area contributed by atoms with Gasteiger partial charge in [0.05, 0.1) is 12.2 Å². The van der Waals surface area contributed by atoms with E-state index >= 15 is 0 Å². The molecule has 2 rings (SSSR count). The van der Waals surface area contributed by atoms with Gasteiger partial charge < -0.3 is 15.3 Å². The Labute approximate surface area is 88.5 Å². The molecule has 0 unspecified atom stereocenters. The smallest absolute Gasteiger partial charge is 0.246 e. The number of carbonyl (C=O) groups is 1. The number of anilines is 2. The molecule has 1 aliphatic rings. The third-order valence-corrected chi connectivity index (χ3v) is 2.48. The molecule has 0 fully saturated rings. The van der Waals surface area contributed by atoms with E-state index in [0.717, 1.165) is 5.69 Å². The maximum absolute atomic E-state index is 11.7. The third kappa shape index (κ3) is 1.52. The minimum absolute atomic E-state index is 0.0306. The average molecular weight is 206 g/mol. The molecule has 0 atom stereocenters. The number of hydrogen-bond acceptors (Lipinski definition) is 3. The van der Waals surface area contributed by atoms with Crippen molar-refractivity contribution in [3.8, 4) is 5.75 Å². The average Bonchev–Trinajstić information content (AvgIpc) is 2.17. The predicted octanol–water partition coefficient (Wildman–Crippen LogP) is 1.56. The van der Waals surface area contributed by atoms with E-state index in [1.54, 1.807) is 17.0 Å². The molecular formula is C11H14N2O2. The predicted molar refractivity (Wildman–Crippen MR) is 59.2 cm³/mol. The number of nitrogens with zero attached hydrogens (tertiary/aromatic N) is 1. The molecule has 0 aliphatic carbocycles. The Kier molecular flexibility index (Phi) is 2.26. The minimum Gasteiger partial charge on any atom is -0.506 e. The molecule has 1 heterocycles. The van der Waals surface area contributed by atoms with Crippen LogP contribution in [0.15, 0.2) is 18.2 Å². The third-order valence-electron chi connectivity index (χ3n) is 2.48. The molecule has 0 bridgehead atoms. The number of carbonyl (C=O) groups excluding carboxylic acids is 1. The van der Waals surface area contributed by atoms with Gasteiger partial charge in [-0.05, 0) is 26.0 Å². The van der Waals surface area contributed by atoms with Gasteiger partial charge in [0.2, 0.25) is 5.91 Å². The van der Waals surface area contributed by atoms with E-state index in [1.807, 2.05) is 19.9 Å². The summed E-state index contributed by atoms with van der Waals surface area (Å²) in [5, 5.41) is 12.6. The molecule has 1 amide bonds. The Morgan fingerprint density at radius 3 is 2.87 bits per heavy atom. The second-order valence-electron chi connectivity index (χ2n) is 3.88. The summed E-state index contributed by atoms with van der Waals surface area (Å²) >= 11 is 0. The summed E-state index contributed by atoms with van der Waals surface area (Å²) in [5.41, 5.74) is 1.40. The fourth-order valence-corrected chi connectivity index (χ4v) is 1.86. The highest BCUT2D eigenvalue weighted by atomic mass is 16.3. The highest BCUT2D eigenvalue weighted by molar-refractivity contribution is 6.04.